The third-order valence-corrected chi connectivity index (χ3v) is 2.62. The molecule has 1 saturated heterocycles. The van der Waals surface area contributed by atoms with Gasteiger partial charge in [0.2, 0.25) is 0 Å². The minimum atomic E-state index is 0.787. The molecule has 0 saturated carbocycles. The predicted molar refractivity (Wildman–Crippen MR) is 42.9 cm³/mol. The summed E-state index contributed by atoms with van der Waals surface area (Å²) >= 11 is 0. The van der Waals surface area contributed by atoms with Crippen molar-refractivity contribution in [3.8, 4) is 0 Å². The molecule has 60 valence electrons. The van der Waals surface area contributed by atoms with Crippen molar-refractivity contribution in [2.45, 2.75) is 27.2 Å². The summed E-state index contributed by atoms with van der Waals surface area (Å²) in [5.74, 6) is 2.46. The summed E-state index contributed by atoms with van der Waals surface area (Å²) in [6.07, 6.45) is 1.25. The second-order valence-electron chi connectivity index (χ2n) is 3.75. The summed E-state index contributed by atoms with van der Waals surface area (Å²) in [6.45, 7) is 8.88. The fourth-order valence-corrected chi connectivity index (χ4v) is 1.72. The first-order valence-electron chi connectivity index (χ1n) is 4.29. The van der Waals surface area contributed by atoms with Gasteiger partial charge in [-0.3, -0.25) is 0 Å². The molecule has 0 radical (unpaired) electrons. The van der Waals surface area contributed by atoms with Gasteiger partial charge in [-0.15, -0.1) is 0 Å². The zero-order chi connectivity index (χ0) is 7.56. The Morgan fingerprint density at radius 3 is 2.50 bits per heavy atom. The van der Waals surface area contributed by atoms with Crippen LogP contribution in [0.2, 0.25) is 0 Å². The highest BCUT2D eigenvalue weighted by Gasteiger charge is 2.24. The van der Waals surface area contributed by atoms with Gasteiger partial charge in [0, 0.05) is 13.2 Å². The lowest BCUT2D eigenvalue weighted by molar-refractivity contribution is 0.00386. The van der Waals surface area contributed by atoms with E-state index in [2.05, 4.69) is 20.8 Å². The molecule has 2 atom stereocenters. The maximum atomic E-state index is 5.41. The van der Waals surface area contributed by atoms with Crippen LogP contribution in [0.5, 0.6) is 0 Å². The molecule has 1 aliphatic rings. The van der Waals surface area contributed by atoms with Gasteiger partial charge < -0.3 is 4.74 Å². The average Bonchev–Trinajstić information content (AvgIpc) is 1.88. The molecule has 0 aromatic carbocycles. The molecule has 1 aliphatic heterocycles. The van der Waals surface area contributed by atoms with Gasteiger partial charge in [-0.1, -0.05) is 20.8 Å². The van der Waals surface area contributed by atoms with Crippen molar-refractivity contribution in [2.24, 2.45) is 17.8 Å². The summed E-state index contributed by atoms with van der Waals surface area (Å²) < 4.78 is 5.41. The predicted octanol–water partition coefficient (Wildman–Crippen LogP) is 2.32. The Balaban J connectivity index is 2.40. The van der Waals surface area contributed by atoms with Gasteiger partial charge in [0.25, 0.3) is 0 Å². The maximum absolute atomic E-state index is 5.41. The van der Waals surface area contributed by atoms with Crippen LogP contribution in [0.15, 0.2) is 0 Å². The van der Waals surface area contributed by atoms with E-state index in [1.165, 1.54) is 6.42 Å². The molecule has 1 heteroatoms. The zero-order valence-corrected chi connectivity index (χ0v) is 7.26. The third-order valence-electron chi connectivity index (χ3n) is 2.62. The molecule has 1 fully saturated rings. The highest BCUT2D eigenvalue weighted by atomic mass is 16.5. The first-order valence-corrected chi connectivity index (χ1v) is 4.29. The van der Waals surface area contributed by atoms with Gasteiger partial charge in [0.05, 0.1) is 0 Å². The van der Waals surface area contributed by atoms with E-state index in [0.717, 1.165) is 31.0 Å². The molecule has 0 N–H and O–H groups in total. The quantitative estimate of drug-likeness (QED) is 0.546. The smallest absolute Gasteiger partial charge is 0.0499 e. The van der Waals surface area contributed by atoms with Crippen LogP contribution < -0.4 is 0 Å². The van der Waals surface area contributed by atoms with Crippen LogP contribution in [0, 0.1) is 17.8 Å². The van der Waals surface area contributed by atoms with Crippen LogP contribution in [0.25, 0.3) is 0 Å². The van der Waals surface area contributed by atoms with E-state index in [1.54, 1.807) is 0 Å². The molecule has 1 nitrogen and oxygen atoms in total. The SMILES string of the molecule is CC(C)[C@H]1COCC[C@@H]1C. The number of hydrogen-bond donors (Lipinski definition) is 0. The molecule has 0 aliphatic carbocycles. The van der Waals surface area contributed by atoms with E-state index in [0.29, 0.717) is 0 Å². The van der Waals surface area contributed by atoms with E-state index in [9.17, 15) is 0 Å². The van der Waals surface area contributed by atoms with Gasteiger partial charge in [0.1, 0.15) is 0 Å². The lowest BCUT2D eigenvalue weighted by Gasteiger charge is -2.31. The number of ether oxygens (including phenoxy) is 1. The monoisotopic (exact) mass is 142 g/mol. The average molecular weight is 142 g/mol. The molecule has 0 unspecified atom stereocenters. The Bertz CT molecular complexity index is 98.9. The largest absolute Gasteiger partial charge is 0.381 e. The summed E-state index contributed by atoms with van der Waals surface area (Å²) in [5, 5.41) is 0. The highest BCUT2D eigenvalue weighted by Crippen LogP contribution is 2.27. The van der Waals surface area contributed by atoms with E-state index < -0.39 is 0 Å². The fourth-order valence-electron chi connectivity index (χ4n) is 1.72. The van der Waals surface area contributed by atoms with Crippen LogP contribution in [0.1, 0.15) is 27.2 Å². The molecule has 0 bridgehead atoms. The van der Waals surface area contributed by atoms with Crippen LogP contribution in [-0.2, 0) is 4.74 Å². The Morgan fingerprint density at radius 1 is 1.40 bits per heavy atom. The molecule has 10 heavy (non-hydrogen) atoms. The zero-order valence-electron chi connectivity index (χ0n) is 7.26. The van der Waals surface area contributed by atoms with Gasteiger partial charge in [0.15, 0.2) is 0 Å². The van der Waals surface area contributed by atoms with E-state index in [4.69, 9.17) is 4.74 Å². The van der Waals surface area contributed by atoms with Crippen LogP contribution in [-0.4, -0.2) is 13.2 Å². The van der Waals surface area contributed by atoms with Crippen LogP contribution in [0.3, 0.4) is 0 Å². The third kappa shape index (κ3) is 1.72. The van der Waals surface area contributed by atoms with Crippen LogP contribution in [0.4, 0.5) is 0 Å². The van der Waals surface area contributed by atoms with Gasteiger partial charge in [-0.05, 0) is 24.2 Å². The number of rotatable bonds is 1. The Labute approximate surface area is 63.8 Å². The first-order chi connectivity index (χ1) is 4.72. The molecule has 0 aromatic heterocycles. The summed E-state index contributed by atoms with van der Waals surface area (Å²) in [7, 11) is 0. The molecule has 0 aromatic rings. The Hall–Kier alpha value is -0.0400. The second-order valence-corrected chi connectivity index (χ2v) is 3.75. The van der Waals surface area contributed by atoms with Crippen molar-refractivity contribution in [1.82, 2.24) is 0 Å². The van der Waals surface area contributed by atoms with Gasteiger partial charge in [-0.2, -0.15) is 0 Å². The Kier molecular flexibility index (Phi) is 2.72. The maximum Gasteiger partial charge on any atom is 0.0499 e. The van der Waals surface area contributed by atoms with Crippen molar-refractivity contribution < 1.29 is 4.74 Å². The van der Waals surface area contributed by atoms with Crippen molar-refractivity contribution in [3.63, 3.8) is 0 Å². The normalized spacial score (nSPS) is 34.8. The fraction of sp³-hybridized carbons (Fsp3) is 1.00. The van der Waals surface area contributed by atoms with Crippen LogP contribution >= 0.6 is 0 Å². The van der Waals surface area contributed by atoms with Gasteiger partial charge >= 0.3 is 0 Å². The molecule has 0 spiro atoms. The molecule has 1 rings (SSSR count). The summed E-state index contributed by atoms with van der Waals surface area (Å²) in [6, 6.07) is 0. The molecule has 0 amide bonds. The molecular formula is C9H18O. The van der Waals surface area contributed by atoms with E-state index in [1.807, 2.05) is 0 Å². The standard InChI is InChI=1S/C9H18O/c1-7(2)9-6-10-5-4-8(9)3/h7-9H,4-6H2,1-3H3/t8-,9+/m0/s1. The summed E-state index contributed by atoms with van der Waals surface area (Å²) in [4.78, 5) is 0. The minimum absolute atomic E-state index is 0.787. The van der Waals surface area contributed by atoms with E-state index >= 15 is 0 Å². The highest BCUT2D eigenvalue weighted by molar-refractivity contribution is 4.72. The van der Waals surface area contributed by atoms with Crippen molar-refractivity contribution >= 4 is 0 Å². The first kappa shape index (κ1) is 8.06. The Morgan fingerprint density at radius 2 is 2.10 bits per heavy atom. The molecular weight excluding hydrogens is 124 g/mol. The van der Waals surface area contributed by atoms with Crippen molar-refractivity contribution in [3.05, 3.63) is 0 Å². The van der Waals surface area contributed by atoms with E-state index in [-0.39, 0.29) is 0 Å². The molecule has 1 heterocycles. The lowest BCUT2D eigenvalue weighted by Crippen LogP contribution is -2.29. The van der Waals surface area contributed by atoms with Crippen molar-refractivity contribution in [1.29, 1.82) is 0 Å². The lowest BCUT2D eigenvalue weighted by atomic mass is 9.82. The minimum Gasteiger partial charge on any atom is -0.381 e. The topological polar surface area (TPSA) is 9.23 Å². The van der Waals surface area contributed by atoms with Crippen molar-refractivity contribution in [2.75, 3.05) is 13.2 Å². The number of hydrogen-bond acceptors (Lipinski definition) is 1. The summed E-state index contributed by atoms with van der Waals surface area (Å²) in [5.41, 5.74) is 0. The van der Waals surface area contributed by atoms with Gasteiger partial charge in [-0.25, -0.2) is 0 Å². The second kappa shape index (κ2) is 3.38.